The summed E-state index contributed by atoms with van der Waals surface area (Å²) >= 11 is 0. The molecule has 5 heteroatoms. The second-order valence-electron chi connectivity index (χ2n) is 6.00. The topological polar surface area (TPSA) is 49.4 Å². The van der Waals surface area contributed by atoms with E-state index in [9.17, 15) is 14.0 Å². The lowest BCUT2D eigenvalue weighted by atomic mass is 9.93. The molecule has 2 aliphatic rings. The van der Waals surface area contributed by atoms with Gasteiger partial charge in [0.15, 0.2) is 0 Å². The molecule has 2 fully saturated rings. The van der Waals surface area contributed by atoms with Gasteiger partial charge in [-0.1, -0.05) is 12.1 Å². The molecule has 1 aromatic carbocycles. The first-order valence-electron chi connectivity index (χ1n) is 7.35. The van der Waals surface area contributed by atoms with Crippen molar-refractivity contribution in [3.63, 3.8) is 0 Å². The van der Waals surface area contributed by atoms with Crippen LogP contribution in [0, 0.1) is 17.7 Å². The third-order valence-corrected chi connectivity index (χ3v) is 4.38. The van der Waals surface area contributed by atoms with Crippen molar-refractivity contribution in [2.75, 3.05) is 13.6 Å². The quantitative estimate of drug-likeness (QED) is 0.920. The van der Waals surface area contributed by atoms with Gasteiger partial charge in [-0.05, 0) is 36.5 Å². The second kappa shape index (κ2) is 5.47. The molecule has 0 unspecified atom stereocenters. The third kappa shape index (κ3) is 2.91. The van der Waals surface area contributed by atoms with E-state index in [0.717, 1.165) is 12.8 Å². The maximum absolute atomic E-state index is 13.4. The maximum Gasteiger partial charge on any atom is 0.226 e. The fraction of sp³-hybridized carbons (Fsp3) is 0.500. The van der Waals surface area contributed by atoms with Crippen molar-refractivity contribution < 1.29 is 14.0 Å². The number of hydrogen-bond donors (Lipinski definition) is 1. The molecule has 0 radical (unpaired) electrons. The zero-order valence-corrected chi connectivity index (χ0v) is 12.0. The zero-order chi connectivity index (χ0) is 15.0. The van der Waals surface area contributed by atoms with Crippen LogP contribution in [0.3, 0.4) is 0 Å². The highest BCUT2D eigenvalue weighted by atomic mass is 19.1. The summed E-state index contributed by atoms with van der Waals surface area (Å²) in [5, 5.41) is 2.93. The predicted molar refractivity (Wildman–Crippen MR) is 75.8 cm³/mol. The second-order valence-corrected chi connectivity index (χ2v) is 6.00. The van der Waals surface area contributed by atoms with Crippen LogP contribution in [0.1, 0.15) is 30.9 Å². The number of benzene rings is 1. The first-order valence-corrected chi connectivity index (χ1v) is 7.35. The number of halogens is 1. The summed E-state index contributed by atoms with van der Waals surface area (Å²) in [7, 11) is 1.67. The highest BCUT2D eigenvalue weighted by Crippen LogP contribution is 2.37. The van der Waals surface area contributed by atoms with Gasteiger partial charge in [-0.15, -0.1) is 0 Å². The van der Waals surface area contributed by atoms with Gasteiger partial charge in [0.1, 0.15) is 5.82 Å². The molecule has 2 amide bonds. The van der Waals surface area contributed by atoms with Crippen molar-refractivity contribution in [1.82, 2.24) is 10.2 Å². The van der Waals surface area contributed by atoms with E-state index in [1.165, 1.54) is 12.1 Å². The predicted octanol–water partition coefficient (Wildman–Crippen LogP) is 1.87. The lowest BCUT2D eigenvalue weighted by Crippen LogP contribution is -2.35. The van der Waals surface area contributed by atoms with Crippen LogP contribution in [0.4, 0.5) is 4.39 Å². The first kappa shape index (κ1) is 14.0. The molecule has 1 aliphatic carbocycles. The molecule has 1 aliphatic heterocycles. The van der Waals surface area contributed by atoms with Gasteiger partial charge in [-0.2, -0.15) is 0 Å². The Kier molecular flexibility index (Phi) is 3.66. The van der Waals surface area contributed by atoms with Crippen molar-refractivity contribution in [3.05, 3.63) is 35.6 Å². The Morgan fingerprint density at radius 2 is 2.19 bits per heavy atom. The minimum Gasteiger partial charge on any atom is -0.355 e. The van der Waals surface area contributed by atoms with Crippen LogP contribution in [-0.2, 0) is 9.59 Å². The first-order chi connectivity index (χ1) is 10.1. The van der Waals surface area contributed by atoms with Crippen LogP contribution in [0.2, 0.25) is 0 Å². The Balaban J connectivity index is 1.79. The molecular weight excluding hydrogens is 271 g/mol. The summed E-state index contributed by atoms with van der Waals surface area (Å²) in [4.78, 5) is 25.9. The highest BCUT2D eigenvalue weighted by molar-refractivity contribution is 5.90. The lowest BCUT2D eigenvalue weighted by Gasteiger charge is -2.25. The molecule has 1 aromatic rings. The van der Waals surface area contributed by atoms with Gasteiger partial charge in [0.25, 0.3) is 0 Å². The Bertz CT molecular complexity index is 571. The van der Waals surface area contributed by atoms with Crippen molar-refractivity contribution in [2.24, 2.45) is 11.8 Å². The Labute approximate surface area is 123 Å². The minimum absolute atomic E-state index is 0.0733. The monoisotopic (exact) mass is 290 g/mol. The molecule has 0 aromatic heterocycles. The number of amides is 2. The molecule has 3 rings (SSSR count). The van der Waals surface area contributed by atoms with Crippen LogP contribution < -0.4 is 5.32 Å². The van der Waals surface area contributed by atoms with Gasteiger partial charge in [-0.25, -0.2) is 4.39 Å². The minimum atomic E-state index is -0.442. The number of hydrogen-bond acceptors (Lipinski definition) is 2. The van der Waals surface area contributed by atoms with Crippen LogP contribution in [-0.4, -0.2) is 30.3 Å². The summed E-state index contributed by atoms with van der Waals surface area (Å²) in [6.07, 6.45) is 2.52. The summed E-state index contributed by atoms with van der Waals surface area (Å²) < 4.78 is 13.4. The molecule has 0 spiro atoms. The van der Waals surface area contributed by atoms with Gasteiger partial charge in [0.2, 0.25) is 11.8 Å². The normalized spacial score (nSPS) is 25.2. The average molecular weight is 290 g/mol. The number of carbonyl (C=O) groups is 2. The van der Waals surface area contributed by atoms with Crippen LogP contribution >= 0.6 is 0 Å². The molecule has 21 heavy (non-hydrogen) atoms. The van der Waals surface area contributed by atoms with Crippen molar-refractivity contribution >= 4 is 11.8 Å². The molecule has 2 atom stereocenters. The highest BCUT2D eigenvalue weighted by Gasteiger charge is 2.42. The molecule has 4 nitrogen and oxygen atoms in total. The molecule has 1 saturated heterocycles. The summed E-state index contributed by atoms with van der Waals surface area (Å²) in [5.74, 6) is -0.374. The van der Waals surface area contributed by atoms with E-state index in [-0.39, 0.29) is 30.1 Å². The smallest absolute Gasteiger partial charge is 0.226 e. The van der Waals surface area contributed by atoms with Crippen molar-refractivity contribution in [3.8, 4) is 0 Å². The van der Waals surface area contributed by atoms with E-state index in [1.807, 2.05) is 0 Å². The van der Waals surface area contributed by atoms with Gasteiger partial charge in [0.05, 0.1) is 12.0 Å². The number of likely N-dealkylation sites (tertiary alicyclic amines) is 1. The van der Waals surface area contributed by atoms with Crippen LogP contribution in [0.5, 0.6) is 0 Å². The van der Waals surface area contributed by atoms with Gasteiger partial charge >= 0.3 is 0 Å². The van der Waals surface area contributed by atoms with E-state index >= 15 is 0 Å². The SMILES string of the molecule is CN1C(=O)C[C@H](C(=O)NCC2CC2)[C@@H]1c1cccc(F)c1. The molecule has 112 valence electrons. The molecular formula is C16H19FN2O2. The molecule has 1 saturated carbocycles. The van der Waals surface area contributed by atoms with E-state index in [4.69, 9.17) is 0 Å². The Morgan fingerprint density at radius 1 is 1.43 bits per heavy atom. The van der Waals surface area contributed by atoms with E-state index in [2.05, 4.69) is 5.32 Å². The molecule has 0 bridgehead atoms. The Morgan fingerprint density at radius 3 is 2.86 bits per heavy atom. The van der Waals surface area contributed by atoms with Crippen LogP contribution in [0.15, 0.2) is 24.3 Å². The molecule has 1 N–H and O–H groups in total. The number of nitrogens with zero attached hydrogens (tertiary/aromatic N) is 1. The fourth-order valence-corrected chi connectivity index (χ4v) is 2.95. The fourth-order valence-electron chi connectivity index (χ4n) is 2.95. The standard InChI is InChI=1S/C16H19FN2O2/c1-19-14(20)8-13(16(21)18-9-10-5-6-10)15(19)11-3-2-4-12(17)7-11/h2-4,7,10,13,15H,5-6,8-9H2,1H3,(H,18,21)/t13-,15-/m0/s1. The zero-order valence-electron chi connectivity index (χ0n) is 12.0. The molecule has 1 heterocycles. The van der Waals surface area contributed by atoms with Gasteiger partial charge in [0, 0.05) is 20.0 Å². The van der Waals surface area contributed by atoms with Crippen LogP contribution in [0.25, 0.3) is 0 Å². The Hall–Kier alpha value is -1.91. The maximum atomic E-state index is 13.4. The van der Waals surface area contributed by atoms with Crippen molar-refractivity contribution in [2.45, 2.75) is 25.3 Å². The summed E-state index contributed by atoms with van der Waals surface area (Å²) in [5.41, 5.74) is 0.676. The average Bonchev–Trinajstić information content (AvgIpc) is 3.23. The summed E-state index contributed by atoms with van der Waals surface area (Å²) in [6.45, 7) is 0.684. The van der Waals surface area contributed by atoms with Crippen molar-refractivity contribution in [1.29, 1.82) is 0 Å². The largest absolute Gasteiger partial charge is 0.355 e. The number of nitrogens with one attached hydrogen (secondary N) is 1. The van der Waals surface area contributed by atoms with E-state index in [1.54, 1.807) is 24.1 Å². The summed E-state index contributed by atoms with van der Waals surface area (Å²) in [6, 6.07) is 5.76. The van der Waals surface area contributed by atoms with E-state index < -0.39 is 5.92 Å². The number of rotatable bonds is 4. The lowest BCUT2D eigenvalue weighted by molar-refractivity contribution is -0.128. The van der Waals surface area contributed by atoms with Gasteiger partial charge in [-0.3, -0.25) is 9.59 Å². The van der Waals surface area contributed by atoms with E-state index in [0.29, 0.717) is 18.0 Å². The number of carbonyl (C=O) groups excluding carboxylic acids is 2. The third-order valence-electron chi connectivity index (χ3n) is 4.38. The van der Waals surface area contributed by atoms with Gasteiger partial charge < -0.3 is 10.2 Å².